The fourth-order valence-corrected chi connectivity index (χ4v) is 3.53. The van der Waals surface area contributed by atoms with E-state index < -0.39 is 11.9 Å². The molecule has 0 radical (unpaired) electrons. The van der Waals surface area contributed by atoms with Gasteiger partial charge in [0, 0.05) is 17.5 Å². The third kappa shape index (κ3) is 9.62. The summed E-state index contributed by atoms with van der Waals surface area (Å²) in [6, 6.07) is 16.6. The summed E-state index contributed by atoms with van der Waals surface area (Å²) in [4.78, 5) is 24.4. The third-order valence-electron chi connectivity index (χ3n) is 5.45. The molecule has 9 nitrogen and oxygen atoms in total. The molecule has 0 aliphatic rings. The summed E-state index contributed by atoms with van der Waals surface area (Å²) in [6.07, 6.45) is 6.21. The minimum Gasteiger partial charge on any atom is -0.494 e. The lowest BCUT2D eigenvalue weighted by atomic mass is 10.2. The Morgan fingerprint density at radius 3 is 2.21 bits per heavy atom. The SMILES string of the molecule is CCCCCOc1ccc(OC(=O)C=Cc2ccc(OCCOC(=O)c3cc(N)cc(N)c3)c(OC)c2)cc1. The number of nitrogen functional groups attached to an aromatic ring is 2. The molecule has 0 heterocycles. The first kappa shape index (κ1) is 28.9. The van der Waals surface area contributed by atoms with Gasteiger partial charge in [-0.1, -0.05) is 25.8 Å². The van der Waals surface area contributed by atoms with Crippen molar-refractivity contribution in [2.75, 3.05) is 38.4 Å². The first-order valence-electron chi connectivity index (χ1n) is 12.6. The van der Waals surface area contributed by atoms with E-state index in [1.54, 1.807) is 54.6 Å². The van der Waals surface area contributed by atoms with Crippen LogP contribution in [0, 0.1) is 0 Å². The number of hydrogen-bond donors (Lipinski definition) is 2. The molecule has 3 aromatic rings. The van der Waals surface area contributed by atoms with Crippen molar-refractivity contribution in [3.8, 4) is 23.0 Å². The van der Waals surface area contributed by atoms with Gasteiger partial charge in [0.25, 0.3) is 0 Å². The zero-order chi connectivity index (χ0) is 28.0. The van der Waals surface area contributed by atoms with Crippen LogP contribution in [0.1, 0.15) is 42.1 Å². The van der Waals surface area contributed by atoms with Crippen LogP contribution in [0.25, 0.3) is 6.08 Å². The molecular formula is C30H34N2O7. The van der Waals surface area contributed by atoms with Gasteiger partial charge in [0.2, 0.25) is 0 Å². The van der Waals surface area contributed by atoms with Crippen molar-refractivity contribution < 1.29 is 33.3 Å². The van der Waals surface area contributed by atoms with E-state index in [-0.39, 0.29) is 18.8 Å². The molecule has 3 aromatic carbocycles. The maximum atomic E-state index is 12.3. The van der Waals surface area contributed by atoms with Crippen LogP contribution in [0.4, 0.5) is 11.4 Å². The van der Waals surface area contributed by atoms with Crippen LogP contribution in [0.3, 0.4) is 0 Å². The number of carbonyl (C=O) groups excluding carboxylic acids is 2. The lowest BCUT2D eigenvalue weighted by molar-refractivity contribution is -0.128. The second-order valence-electron chi connectivity index (χ2n) is 8.56. The van der Waals surface area contributed by atoms with E-state index in [1.165, 1.54) is 25.3 Å². The molecule has 0 amide bonds. The molecule has 0 aromatic heterocycles. The fraction of sp³-hybridized carbons (Fsp3) is 0.267. The Morgan fingerprint density at radius 2 is 1.51 bits per heavy atom. The average molecular weight is 535 g/mol. The van der Waals surface area contributed by atoms with Crippen LogP contribution in [0.2, 0.25) is 0 Å². The van der Waals surface area contributed by atoms with E-state index in [1.807, 2.05) is 0 Å². The van der Waals surface area contributed by atoms with Crippen molar-refractivity contribution in [3.05, 3.63) is 77.9 Å². The highest BCUT2D eigenvalue weighted by molar-refractivity contribution is 5.91. The second-order valence-corrected chi connectivity index (χ2v) is 8.56. The van der Waals surface area contributed by atoms with E-state index in [0.29, 0.717) is 40.8 Å². The standard InChI is InChI=1S/C30H34N2O7/c1-3-4-5-14-36-25-8-10-26(11-9-25)39-29(33)13-7-21-6-12-27(28(17-21)35-2)37-15-16-38-30(34)22-18-23(31)20-24(32)19-22/h6-13,17-20H,3-5,14-16,31-32H2,1-2H3. The predicted octanol–water partition coefficient (Wildman–Crippen LogP) is 5.28. The smallest absolute Gasteiger partial charge is 0.338 e. The van der Waals surface area contributed by atoms with Crippen LogP contribution in [-0.2, 0) is 9.53 Å². The number of benzene rings is 3. The average Bonchev–Trinajstić information content (AvgIpc) is 2.93. The number of anilines is 2. The van der Waals surface area contributed by atoms with Gasteiger partial charge in [0.15, 0.2) is 11.5 Å². The van der Waals surface area contributed by atoms with Gasteiger partial charge in [0.05, 0.1) is 19.3 Å². The maximum absolute atomic E-state index is 12.3. The summed E-state index contributed by atoms with van der Waals surface area (Å²) >= 11 is 0. The lowest BCUT2D eigenvalue weighted by Gasteiger charge is -2.12. The molecular weight excluding hydrogens is 500 g/mol. The van der Waals surface area contributed by atoms with Crippen molar-refractivity contribution >= 4 is 29.4 Å². The Morgan fingerprint density at radius 1 is 0.795 bits per heavy atom. The van der Waals surface area contributed by atoms with E-state index in [2.05, 4.69) is 6.92 Å². The minimum atomic E-state index is -0.552. The maximum Gasteiger partial charge on any atom is 0.338 e. The molecule has 39 heavy (non-hydrogen) atoms. The van der Waals surface area contributed by atoms with Crippen molar-refractivity contribution in [1.29, 1.82) is 0 Å². The number of hydrogen-bond acceptors (Lipinski definition) is 9. The van der Waals surface area contributed by atoms with Crippen LogP contribution < -0.4 is 30.4 Å². The molecule has 0 spiro atoms. The number of carbonyl (C=O) groups is 2. The highest BCUT2D eigenvalue weighted by atomic mass is 16.6. The van der Waals surface area contributed by atoms with Crippen LogP contribution in [-0.4, -0.2) is 38.9 Å². The first-order valence-corrected chi connectivity index (χ1v) is 12.6. The molecule has 0 fully saturated rings. The Kier molecular flexibility index (Phi) is 11.1. The van der Waals surface area contributed by atoms with Crippen molar-refractivity contribution in [1.82, 2.24) is 0 Å². The van der Waals surface area contributed by atoms with Gasteiger partial charge >= 0.3 is 11.9 Å². The highest BCUT2D eigenvalue weighted by Gasteiger charge is 2.10. The first-order chi connectivity index (χ1) is 18.9. The van der Waals surface area contributed by atoms with Gasteiger partial charge in [-0.3, -0.25) is 0 Å². The summed E-state index contributed by atoms with van der Waals surface area (Å²) in [7, 11) is 1.51. The molecule has 0 bridgehead atoms. The predicted molar refractivity (Wildman–Crippen MR) is 150 cm³/mol. The topological polar surface area (TPSA) is 132 Å². The summed E-state index contributed by atoms with van der Waals surface area (Å²) in [5.74, 6) is 0.999. The van der Waals surface area contributed by atoms with Crippen molar-refractivity contribution in [2.45, 2.75) is 26.2 Å². The number of ether oxygens (including phenoxy) is 5. The van der Waals surface area contributed by atoms with Crippen molar-refractivity contribution in [2.24, 2.45) is 0 Å². The summed E-state index contributed by atoms with van der Waals surface area (Å²) in [6.45, 7) is 2.92. The van der Waals surface area contributed by atoms with Gasteiger partial charge in [-0.25, -0.2) is 9.59 Å². The lowest BCUT2D eigenvalue weighted by Crippen LogP contribution is -2.13. The van der Waals surface area contributed by atoms with Crippen LogP contribution in [0.5, 0.6) is 23.0 Å². The highest BCUT2D eigenvalue weighted by Crippen LogP contribution is 2.28. The molecule has 4 N–H and O–H groups in total. The Balaban J connectivity index is 1.47. The summed E-state index contributed by atoms with van der Waals surface area (Å²) in [5.41, 5.74) is 13.1. The number of methoxy groups -OCH3 is 1. The monoisotopic (exact) mass is 534 g/mol. The van der Waals surface area contributed by atoms with E-state index >= 15 is 0 Å². The second kappa shape index (κ2) is 14.9. The van der Waals surface area contributed by atoms with Gasteiger partial charge in [0.1, 0.15) is 24.7 Å². The summed E-state index contributed by atoms with van der Waals surface area (Å²) in [5, 5.41) is 0. The van der Waals surface area contributed by atoms with Gasteiger partial charge in [-0.2, -0.15) is 0 Å². The van der Waals surface area contributed by atoms with Gasteiger partial charge in [-0.15, -0.1) is 0 Å². The zero-order valence-electron chi connectivity index (χ0n) is 22.2. The number of nitrogens with two attached hydrogens (primary N) is 2. The van der Waals surface area contributed by atoms with E-state index in [4.69, 9.17) is 35.2 Å². The summed E-state index contributed by atoms with van der Waals surface area (Å²) < 4.78 is 27.3. The molecule has 0 saturated heterocycles. The van der Waals surface area contributed by atoms with E-state index in [9.17, 15) is 9.59 Å². The number of unbranched alkanes of at least 4 members (excludes halogenated alkanes) is 2. The molecule has 0 unspecified atom stereocenters. The Bertz CT molecular complexity index is 1250. The molecule has 0 aliphatic carbocycles. The molecule has 0 atom stereocenters. The minimum absolute atomic E-state index is 0.0101. The van der Waals surface area contributed by atoms with Crippen molar-refractivity contribution in [3.63, 3.8) is 0 Å². The third-order valence-corrected chi connectivity index (χ3v) is 5.45. The van der Waals surface area contributed by atoms with Crippen LogP contribution >= 0.6 is 0 Å². The Hall–Kier alpha value is -4.66. The largest absolute Gasteiger partial charge is 0.494 e. The molecule has 206 valence electrons. The normalized spacial score (nSPS) is 10.7. The van der Waals surface area contributed by atoms with E-state index in [0.717, 1.165) is 25.0 Å². The molecule has 3 rings (SSSR count). The zero-order valence-corrected chi connectivity index (χ0v) is 22.2. The fourth-order valence-electron chi connectivity index (χ4n) is 3.53. The van der Waals surface area contributed by atoms with Gasteiger partial charge < -0.3 is 35.2 Å². The molecule has 9 heteroatoms. The number of esters is 2. The number of rotatable bonds is 14. The molecule has 0 aliphatic heterocycles. The van der Waals surface area contributed by atoms with Gasteiger partial charge in [-0.05, 0) is 72.7 Å². The van der Waals surface area contributed by atoms with Crippen LogP contribution in [0.15, 0.2) is 66.7 Å². The Labute approximate surface area is 228 Å². The molecule has 0 saturated carbocycles. The quantitative estimate of drug-likeness (QED) is 0.0931.